The number of methoxy groups -OCH3 is 1. The minimum atomic E-state index is 0.424. The van der Waals surface area contributed by atoms with Crippen LogP contribution in [0.15, 0.2) is 30.6 Å². The summed E-state index contributed by atoms with van der Waals surface area (Å²) in [4.78, 5) is 23.2. The first kappa shape index (κ1) is 19.6. The molecule has 0 saturated carbocycles. The van der Waals surface area contributed by atoms with Gasteiger partial charge in [0.15, 0.2) is 0 Å². The second-order valence-corrected chi connectivity index (χ2v) is 8.45. The molecule has 7 nitrogen and oxygen atoms in total. The fourth-order valence-electron chi connectivity index (χ4n) is 4.66. The highest BCUT2D eigenvalue weighted by Crippen LogP contribution is 2.34. The molecule has 0 atom stereocenters. The SMILES string of the molecule is COc1ccc(-c2nc(C3CCN(c4ncnc5[nH]c(C)cc45)CC3)[nH]c2C)cc1C. The minimum absolute atomic E-state index is 0.424. The van der Waals surface area contributed by atoms with Crippen LogP contribution in [0.3, 0.4) is 0 Å². The average Bonchev–Trinajstić information content (AvgIpc) is 3.35. The van der Waals surface area contributed by atoms with Crippen molar-refractivity contribution in [2.75, 3.05) is 25.1 Å². The Morgan fingerprint density at radius 2 is 1.84 bits per heavy atom. The maximum atomic E-state index is 5.40. The van der Waals surface area contributed by atoms with Crippen molar-refractivity contribution in [2.45, 2.75) is 39.5 Å². The molecule has 1 aliphatic rings. The van der Waals surface area contributed by atoms with Crippen LogP contribution in [-0.4, -0.2) is 45.1 Å². The van der Waals surface area contributed by atoms with Crippen molar-refractivity contribution in [3.8, 4) is 17.0 Å². The smallest absolute Gasteiger partial charge is 0.143 e. The highest BCUT2D eigenvalue weighted by molar-refractivity contribution is 5.88. The molecule has 5 rings (SSSR count). The first-order valence-electron chi connectivity index (χ1n) is 10.8. The van der Waals surface area contributed by atoms with E-state index in [0.29, 0.717) is 5.92 Å². The van der Waals surface area contributed by atoms with Crippen molar-refractivity contribution >= 4 is 16.9 Å². The van der Waals surface area contributed by atoms with Crippen LogP contribution in [0.2, 0.25) is 0 Å². The molecular weight excluding hydrogens is 388 g/mol. The zero-order valence-corrected chi connectivity index (χ0v) is 18.5. The average molecular weight is 417 g/mol. The summed E-state index contributed by atoms with van der Waals surface area (Å²) in [7, 11) is 1.70. The van der Waals surface area contributed by atoms with Crippen molar-refractivity contribution in [3.63, 3.8) is 0 Å². The third-order valence-electron chi connectivity index (χ3n) is 6.29. The van der Waals surface area contributed by atoms with Crippen molar-refractivity contribution < 1.29 is 4.74 Å². The lowest BCUT2D eigenvalue weighted by molar-refractivity contribution is 0.412. The van der Waals surface area contributed by atoms with Gasteiger partial charge in [-0.1, -0.05) is 0 Å². The largest absolute Gasteiger partial charge is 0.496 e. The molecule has 4 aromatic rings. The Labute approximate surface area is 181 Å². The standard InChI is InChI=1S/C24H28N6O/c1-14-11-18(5-6-20(14)31-4)21-16(3)28-22(29-21)17-7-9-30(10-8-17)24-19-12-15(2)27-23(19)25-13-26-24/h5-6,11-13,17H,7-10H2,1-4H3,(H,28,29)(H,25,26,27). The number of hydrogen-bond acceptors (Lipinski definition) is 5. The predicted octanol–water partition coefficient (Wildman–Crippen LogP) is 4.67. The number of aromatic nitrogens is 5. The topological polar surface area (TPSA) is 82.7 Å². The lowest BCUT2D eigenvalue weighted by atomic mass is 9.96. The third kappa shape index (κ3) is 3.54. The van der Waals surface area contributed by atoms with Gasteiger partial charge in [0.05, 0.1) is 18.2 Å². The van der Waals surface area contributed by atoms with Crippen molar-refractivity contribution in [1.29, 1.82) is 0 Å². The van der Waals surface area contributed by atoms with Crippen LogP contribution in [0.1, 0.15) is 41.5 Å². The second-order valence-electron chi connectivity index (χ2n) is 8.45. The molecule has 160 valence electrons. The highest BCUT2D eigenvalue weighted by Gasteiger charge is 2.26. The van der Waals surface area contributed by atoms with E-state index in [1.165, 1.54) is 0 Å². The monoisotopic (exact) mass is 416 g/mol. The second kappa shape index (κ2) is 7.72. The quantitative estimate of drug-likeness (QED) is 0.505. The zero-order valence-electron chi connectivity index (χ0n) is 18.5. The number of anilines is 1. The van der Waals surface area contributed by atoms with Crippen LogP contribution in [0.5, 0.6) is 5.75 Å². The molecule has 7 heteroatoms. The molecule has 1 fully saturated rings. The number of ether oxygens (including phenoxy) is 1. The van der Waals surface area contributed by atoms with Crippen molar-refractivity contribution in [3.05, 3.63) is 53.4 Å². The summed E-state index contributed by atoms with van der Waals surface area (Å²) >= 11 is 0. The van der Waals surface area contributed by atoms with Gasteiger partial charge in [0.2, 0.25) is 0 Å². The molecule has 1 aliphatic heterocycles. The van der Waals surface area contributed by atoms with Gasteiger partial charge in [-0.05, 0) is 63.4 Å². The van der Waals surface area contributed by atoms with Crippen LogP contribution in [0, 0.1) is 20.8 Å². The van der Waals surface area contributed by atoms with Gasteiger partial charge >= 0.3 is 0 Å². The summed E-state index contributed by atoms with van der Waals surface area (Å²) in [5.74, 6) is 3.44. The fourth-order valence-corrected chi connectivity index (χ4v) is 4.66. The van der Waals surface area contributed by atoms with E-state index in [-0.39, 0.29) is 0 Å². The summed E-state index contributed by atoms with van der Waals surface area (Å²) in [6.45, 7) is 8.14. The van der Waals surface area contributed by atoms with Crippen LogP contribution in [-0.2, 0) is 0 Å². The van der Waals surface area contributed by atoms with Gasteiger partial charge in [0.1, 0.15) is 29.4 Å². The van der Waals surface area contributed by atoms with Gasteiger partial charge in [0, 0.05) is 36.0 Å². The molecule has 0 aliphatic carbocycles. The van der Waals surface area contributed by atoms with Crippen LogP contribution < -0.4 is 9.64 Å². The molecule has 0 radical (unpaired) electrons. The number of rotatable bonds is 4. The maximum absolute atomic E-state index is 5.40. The summed E-state index contributed by atoms with van der Waals surface area (Å²) in [6.07, 6.45) is 3.74. The molecule has 2 N–H and O–H groups in total. The number of nitrogens with one attached hydrogen (secondary N) is 2. The normalized spacial score (nSPS) is 15.0. The van der Waals surface area contributed by atoms with E-state index in [1.807, 2.05) is 6.07 Å². The molecule has 0 bridgehead atoms. The van der Waals surface area contributed by atoms with Crippen molar-refractivity contribution in [1.82, 2.24) is 24.9 Å². The van der Waals surface area contributed by atoms with Gasteiger partial charge in [-0.15, -0.1) is 0 Å². The molecule has 0 amide bonds. The molecule has 1 aromatic carbocycles. The van der Waals surface area contributed by atoms with Crippen molar-refractivity contribution in [2.24, 2.45) is 0 Å². The lowest BCUT2D eigenvalue weighted by Gasteiger charge is -2.32. The fraction of sp³-hybridized carbons (Fsp3) is 0.375. The van der Waals surface area contributed by atoms with Gasteiger partial charge in [0.25, 0.3) is 0 Å². The van der Waals surface area contributed by atoms with E-state index < -0.39 is 0 Å². The van der Waals surface area contributed by atoms with E-state index >= 15 is 0 Å². The van der Waals surface area contributed by atoms with E-state index in [0.717, 1.165) is 82.6 Å². The molecule has 0 spiro atoms. The van der Waals surface area contributed by atoms with Gasteiger partial charge in [-0.25, -0.2) is 15.0 Å². The Bertz CT molecular complexity index is 1230. The number of aromatic amines is 2. The Morgan fingerprint density at radius 3 is 2.58 bits per heavy atom. The number of nitrogens with zero attached hydrogens (tertiary/aromatic N) is 4. The summed E-state index contributed by atoms with van der Waals surface area (Å²) in [5.41, 5.74) is 6.41. The summed E-state index contributed by atoms with van der Waals surface area (Å²) in [5, 5.41) is 1.10. The zero-order chi connectivity index (χ0) is 21.5. The number of H-pyrrole nitrogens is 2. The first-order valence-corrected chi connectivity index (χ1v) is 10.8. The molecular formula is C24H28N6O. The van der Waals surface area contributed by atoms with E-state index in [4.69, 9.17) is 9.72 Å². The lowest BCUT2D eigenvalue weighted by Crippen LogP contribution is -2.33. The van der Waals surface area contributed by atoms with Crippen LogP contribution in [0.25, 0.3) is 22.3 Å². The van der Waals surface area contributed by atoms with E-state index in [2.05, 4.69) is 63.8 Å². The Balaban J connectivity index is 1.34. The number of aryl methyl sites for hydroxylation is 3. The van der Waals surface area contributed by atoms with Crippen LogP contribution >= 0.6 is 0 Å². The molecule has 4 heterocycles. The van der Waals surface area contributed by atoms with Crippen LogP contribution in [0.4, 0.5) is 5.82 Å². The summed E-state index contributed by atoms with van der Waals surface area (Å²) < 4.78 is 5.40. The Kier molecular flexibility index (Phi) is 4.88. The number of imidazole rings is 1. The Hall–Kier alpha value is -3.35. The Morgan fingerprint density at radius 1 is 1.03 bits per heavy atom. The number of fused-ring (bicyclic) bond motifs is 1. The van der Waals surface area contributed by atoms with Gasteiger partial charge in [-0.2, -0.15) is 0 Å². The maximum Gasteiger partial charge on any atom is 0.143 e. The third-order valence-corrected chi connectivity index (χ3v) is 6.29. The molecule has 31 heavy (non-hydrogen) atoms. The molecule has 0 unspecified atom stereocenters. The minimum Gasteiger partial charge on any atom is -0.496 e. The number of piperidine rings is 1. The number of benzene rings is 1. The molecule has 3 aromatic heterocycles. The van der Waals surface area contributed by atoms with E-state index in [1.54, 1.807) is 13.4 Å². The highest BCUT2D eigenvalue weighted by atomic mass is 16.5. The van der Waals surface area contributed by atoms with Gasteiger partial charge < -0.3 is 19.6 Å². The number of hydrogen-bond donors (Lipinski definition) is 2. The van der Waals surface area contributed by atoms with E-state index in [9.17, 15) is 0 Å². The first-order chi connectivity index (χ1) is 15.0. The van der Waals surface area contributed by atoms with Gasteiger partial charge in [-0.3, -0.25) is 0 Å². The summed E-state index contributed by atoms with van der Waals surface area (Å²) in [6, 6.07) is 8.38. The molecule has 1 saturated heterocycles. The predicted molar refractivity (Wildman–Crippen MR) is 123 cm³/mol.